The van der Waals surface area contributed by atoms with E-state index in [4.69, 9.17) is 5.11 Å². The number of carboxylic acids is 1. The van der Waals surface area contributed by atoms with Crippen molar-refractivity contribution in [1.29, 1.82) is 0 Å². The molecule has 0 radical (unpaired) electrons. The Hall–Kier alpha value is -2.37. The third-order valence-corrected chi connectivity index (χ3v) is 4.56. The fraction of sp³-hybridized carbons (Fsp3) is 0.526. The lowest BCUT2D eigenvalue weighted by atomic mass is 9.87. The number of carbonyl (C=O) groups excluding carboxylic acids is 2. The van der Waals surface area contributed by atoms with Crippen molar-refractivity contribution in [2.75, 3.05) is 6.54 Å². The predicted molar refractivity (Wildman–Crippen MR) is 93.8 cm³/mol. The molecule has 1 aliphatic rings. The molecule has 136 valence electrons. The minimum absolute atomic E-state index is 0.114. The normalized spacial score (nSPS) is 16.0. The molecule has 0 heterocycles. The van der Waals surface area contributed by atoms with Crippen molar-refractivity contribution in [3.05, 3.63) is 35.9 Å². The topological polar surface area (TPSA) is 95.5 Å². The summed E-state index contributed by atoms with van der Waals surface area (Å²) in [4.78, 5) is 35.1. The van der Waals surface area contributed by atoms with Crippen molar-refractivity contribution in [3.8, 4) is 0 Å². The van der Waals surface area contributed by atoms with Gasteiger partial charge >= 0.3 is 5.97 Å². The standard InChI is InChI=1S/C19H26N2O4/c22-17(11-14-7-3-1-4-8-14)20-13-18(23)21-16(12-19(24)25)15-9-5-2-6-10-15/h2,5-6,9-10,14,16H,1,3-4,7-8,11-13H2,(H,20,22)(H,21,23)(H,24,25). The molecule has 25 heavy (non-hydrogen) atoms. The van der Waals surface area contributed by atoms with E-state index in [-0.39, 0.29) is 24.8 Å². The molecule has 3 N–H and O–H groups in total. The molecular weight excluding hydrogens is 320 g/mol. The van der Waals surface area contributed by atoms with Gasteiger partial charge in [0.15, 0.2) is 0 Å². The Balaban J connectivity index is 1.80. The van der Waals surface area contributed by atoms with Gasteiger partial charge in [-0.1, -0.05) is 49.6 Å². The van der Waals surface area contributed by atoms with Crippen LogP contribution in [0.5, 0.6) is 0 Å². The first kappa shape index (κ1) is 19.0. The molecule has 0 aliphatic heterocycles. The summed E-state index contributed by atoms with van der Waals surface area (Å²) in [6.07, 6.45) is 6.00. The van der Waals surface area contributed by atoms with Crippen molar-refractivity contribution in [1.82, 2.24) is 10.6 Å². The van der Waals surface area contributed by atoms with Crippen molar-refractivity contribution in [3.63, 3.8) is 0 Å². The van der Waals surface area contributed by atoms with Gasteiger partial charge in [-0.05, 0) is 24.3 Å². The number of aliphatic carboxylic acids is 1. The van der Waals surface area contributed by atoms with Crippen LogP contribution in [0, 0.1) is 5.92 Å². The summed E-state index contributed by atoms with van der Waals surface area (Å²) in [5, 5.41) is 14.4. The number of rotatable bonds is 8. The summed E-state index contributed by atoms with van der Waals surface area (Å²) in [5.41, 5.74) is 0.729. The number of hydrogen-bond acceptors (Lipinski definition) is 3. The van der Waals surface area contributed by atoms with Gasteiger partial charge in [-0.2, -0.15) is 0 Å². The van der Waals surface area contributed by atoms with Gasteiger partial charge in [0.05, 0.1) is 19.0 Å². The van der Waals surface area contributed by atoms with E-state index in [0.717, 1.165) is 18.4 Å². The predicted octanol–water partition coefficient (Wildman–Crippen LogP) is 2.41. The zero-order valence-electron chi connectivity index (χ0n) is 14.4. The fourth-order valence-electron chi connectivity index (χ4n) is 3.26. The third kappa shape index (κ3) is 6.95. The molecule has 2 amide bonds. The van der Waals surface area contributed by atoms with Crippen molar-refractivity contribution >= 4 is 17.8 Å². The van der Waals surface area contributed by atoms with E-state index < -0.39 is 12.0 Å². The summed E-state index contributed by atoms with van der Waals surface area (Å²) in [6, 6.07) is 8.35. The van der Waals surface area contributed by atoms with Crippen LogP contribution in [-0.2, 0) is 14.4 Å². The van der Waals surface area contributed by atoms with Crippen LogP contribution in [0.3, 0.4) is 0 Å². The molecular formula is C19H26N2O4. The highest BCUT2D eigenvalue weighted by Crippen LogP contribution is 2.26. The highest BCUT2D eigenvalue weighted by Gasteiger charge is 2.20. The van der Waals surface area contributed by atoms with Gasteiger partial charge < -0.3 is 15.7 Å². The molecule has 2 rings (SSSR count). The molecule has 0 aromatic heterocycles. The minimum atomic E-state index is -0.990. The molecule has 1 aromatic carbocycles. The van der Waals surface area contributed by atoms with Gasteiger partial charge in [0.2, 0.25) is 11.8 Å². The summed E-state index contributed by atoms with van der Waals surface area (Å²) in [6.45, 7) is -0.130. The van der Waals surface area contributed by atoms with E-state index >= 15 is 0 Å². The van der Waals surface area contributed by atoms with Gasteiger partial charge in [0, 0.05) is 6.42 Å². The van der Waals surface area contributed by atoms with Crippen LogP contribution < -0.4 is 10.6 Å². The quantitative estimate of drug-likeness (QED) is 0.673. The SMILES string of the molecule is O=C(O)CC(NC(=O)CNC(=O)CC1CCCCC1)c1ccccc1. The molecule has 0 saturated heterocycles. The van der Waals surface area contributed by atoms with Crippen LogP contribution in [0.15, 0.2) is 30.3 Å². The number of nitrogens with one attached hydrogen (secondary N) is 2. The second-order valence-electron chi connectivity index (χ2n) is 6.61. The second kappa shape index (κ2) is 9.81. The van der Waals surface area contributed by atoms with Crippen LogP contribution in [0.25, 0.3) is 0 Å². The van der Waals surface area contributed by atoms with E-state index in [1.54, 1.807) is 24.3 Å². The first-order valence-corrected chi connectivity index (χ1v) is 8.87. The van der Waals surface area contributed by atoms with Gasteiger partial charge in [-0.25, -0.2) is 0 Å². The highest BCUT2D eigenvalue weighted by molar-refractivity contribution is 5.85. The zero-order valence-corrected chi connectivity index (χ0v) is 14.4. The number of amides is 2. The molecule has 1 aliphatic carbocycles. The third-order valence-electron chi connectivity index (χ3n) is 4.56. The maximum absolute atomic E-state index is 12.1. The highest BCUT2D eigenvalue weighted by atomic mass is 16.4. The Morgan fingerprint density at radius 3 is 2.36 bits per heavy atom. The summed E-state index contributed by atoms with van der Waals surface area (Å²) >= 11 is 0. The fourth-order valence-corrected chi connectivity index (χ4v) is 3.26. The van der Waals surface area contributed by atoms with Gasteiger partial charge in [0.25, 0.3) is 0 Å². The van der Waals surface area contributed by atoms with Crippen LogP contribution in [0.1, 0.15) is 56.6 Å². The largest absolute Gasteiger partial charge is 0.481 e. The van der Waals surface area contributed by atoms with E-state index in [1.165, 1.54) is 19.3 Å². The molecule has 1 fully saturated rings. The average Bonchev–Trinajstić information content (AvgIpc) is 2.61. The van der Waals surface area contributed by atoms with Crippen LogP contribution in [0.2, 0.25) is 0 Å². The molecule has 1 atom stereocenters. The zero-order chi connectivity index (χ0) is 18.1. The first-order valence-electron chi connectivity index (χ1n) is 8.87. The molecule has 0 bridgehead atoms. The van der Waals surface area contributed by atoms with E-state index in [2.05, 4.69) is 10.6 Å². The first-order chi connectivity index (χ1) is 12.0. The number of hydrogen-bond donors (Lipinski definition) is 3. The van der Waals surface area contributed by atoms with Crippen molar-refractivity contribution in [2.45, 2.75) is 51.0 Å². The molecule has 1 aromatic rings. The maximum atomic E-state index is 12.1. The maximum Gasteiger partial charge on any atom is 0.305 e. The van der Waals surface area contributed by atoms with E-state index in [0.29, 0.717) is 12.3 Å². The molecule has 6 heteroatoms. The molecule has 0 spiro atoms. The summed E-state index contributed by atoms with van der Waals surface area (Å²) in [5.74, 6) is -1.07. The Kier molecular flexibility index (Phi) is 7.44. The Labute approximate surface area is 148 Å². The Bertz CT molecular complexity index is 582. The van der Waals surface area contributed by atoms with Crippen LogP contribution in [-0.4, -0.2) is 29.4 Å². The second-order valence-corrected chi connectivity index (χ2v) is 6.61. The smallest absolute Gasteiger partial charge is 0.305 e. The van der Waals surface area contributed by atoms with E-state index in [9.17, 15) is 14.4 Å². The number of carboxylic acid groups (broad SMARTS) is 1. The number of carbonyl (C=O) groups is 3. The van der Waals surface area contributed by atoms with Gasteiger partial charge in [-0.15, -0.1) is 0 Å². The Morgan fingerprint density at radius 2 is 1.72 bits per heavy atom. The van der Waals surface area contributed by atoms with Gasteiger partial charge in [-0.3, -0.25) is 14.4 Å². The minimum Gasteiger partial charge on any atom is -0.481 e. The Morgan fingerprint density at radius 1 is 1.04 bits per heavy atom. The molecule has 1 saturated carbocycles. The average molecular weight is 346 g/mol. The lowest BCUT2D eigenvalue weighted by Crippen LogP contribution is -2.39. The number of benzene rings is 1. The van der Waals surface area contributed by atoms with Crippen LogP contribution in [0.4, 0.5) is 0 Å². The summed E-state index contributed by atoms with van der Waals surface area (Å²) in [7, 11) is 0. The molecule has 1 unspecified atom stereocenters. The summed E-state index contributed by atoms with van der Waals surface area (Å²) < 4.78 is 0. The van der Waals surface area contributed by atoms with Crippen molar-refractivity contribution in [2.24, 2.45) is 5.92 Å². The monoisotopic (exact) mass is 346 g/mol. The lowest BCUT2D eigenvalue weighted by molar-refractivity contribution is -0.138. The lowest BCUT2D eigenvalue weighted by Gasteiger charge is -2.21. The molecule has 6 nitrogen and oxygen atoms in total. The van der Waals surface area contributed by atoms with Crippen LogP contribution >= 0.6 is 0 Å². The van der Waals surface area contributed by atoms with Gasteiger partial charge in [0.1, 0.15) is 0 Å². The van der Waals surface area contributed by atoms with E-state index in [1.807, 2.05) is 6.07 Å². The van der Waals surface area contributed by atoms with Crippen molar-refractivity contribution < 1.29 is 19.5 Å².